The van der Waals surface area contributed by atoms with Crippen molar-refractivity contribution >= 4 is 0 Å². The lowest BCUT2D eigenvalue weighted by atomic mass is 10.1. The summed E-state index contributed by atoms with van der Waals surface area (Å²) in [7, 11) is 0. The van der Waals surface area contributed by atoms with Gasteiger partial charge in [-0.25, -0.2) is 4.39 Å². The van der Waals surface area contributed by atoms with Gasteiger partial charge in [0.25, 0.3) is 0 Å². The topological polar surface area (TPSA) is 42.7 Å². The number of fused-ring (bicyclic) bond motifs is 1. The second kappa shape index (κ2) is 4.66. The third kappa shape index (κ3) is 2.12. The van der Waals surface area contributed by atoms with Crippen LogP contribution in [0.2, 0.25) is 0 Å². The first-order chi connectivity index (χ1) is 9.81. The predicted octanol–water partition coefficient (Wildman–Crippen LogP) is 2.06. The van der Waals surface area contributed by atoms with Gasteiger partial charge >= 0.3 is 0 Å². The van der Waals surface area contributed by atoms with Crippen LogP contribution in [-0.2, 0) is 13.0 Å². The summed E-state index contributed by atoms with van der Waals surface area (Å²) in [5, 5.41) is 12.2. The first-order valence-electron chi connectivity index (χ1n) is 7.21. The molecule has 0 spiro atoms. The van der Waals surface area contributed by atoms with E-state index in [1.165, 1.54) is 18.9 Å². The van der Waals surface area contributed by atoms with E-state index in [2.05, 4.69) is 20.1 Å². The fraction of sp³-hybridized carbons (Fsp3) is 0.467. The summed E-state index contributed by atoms with van der Waals surface area (Å²) in [6.45, 7) is 1.86. The summed E-state index contributed by atoms with van der Waals surface area (Å²) in [6.07, 6.45) is 3.20. The molecule has 1 aromatic heterocycles. The second-order valence-corrected chi connectivity index (χ2v) is 5.70. The van der Waals surface area contributed by atoms with Crippen LogP contribution in [0.15, 0.2) is 24.3 Å². The van der Waals surface area contributed by atoms with E-state index in [0.717, 1.165) is 36.2 Å². The molecule has 1 aliphatic heterocycles. The van der Waals surface area contributed by atoms with E-state index in [1.54, 1.807) is 12.1 Å². The summed E-state index contributed by atoms with van der Waals surface area (Å²) in [5.41, 5.74) is 0.946. The second-order valence-electron chi connectivity index (χ2n) is 5.70. The average Bonchev–Trinajstić information content (AvgIpc) is 3.21. The Bertz CT molecular complexity index is 633. The SMILES string of the molecule is Fc1cccc(Cc2nnc3n2CCNC3C2CC2)c1. The van der Waals surface area contributed by atoms with E-state index in [9.17, 15) is 4.39 Å². The van der Waals surface area contributed by atoms with Gasteiger partial charge < -0.3 is 9.88 Å². The minimum absolute atomic E-state index is 0.196. The highest BCUT2D eigenvalue weighted by Gasteiger charge is 2.37. The molecule has 104 valence electrons. The summed E-state index contributed by atoms with van der Waals surface area (Å²) >= 11 is 0. The van der Waals surface area contributed by atoms with E-state index in [1.807, 2.05) is 6.07 Å². The molecule has 4 rings (SSSR count). The molecular formula is C15H17FN4. The molecule has 2 heterocycles. The van der Waals surface area contributed by atoms with Crippen LogP contribution < -0.4 is 5.32 Å². The van der Waals surface area contributed by atoms with E-state index in [-0.39, 0.29) is 5.82 Å². The van der Waals surface area contributed by atoms with Gasteiger partial charge in [-0.3, -0.25) is 0 Å². The van der Waals surface area contributed by atoms with Gasteiger partial charge in [0.1, 0.15) is 11.6 Å². The molecule has 1 fully saturated rings. The molecule has 2 aromatic rings. The lowest BCUT2D eigenvalue weighted by Crippen LogP contribution is -2.35. The van der Waals surface area contributed by atoms with E-state index in [4.69, 9.17) is 0 Å². The number of aromatic nitrogens is 3. The van der Waals surface area contributed by atoms with Crippen LogP contribution >= 0.6 is 0 Å². The molecule has 0 radical (unpaired) electrons. The van der Waals surface area contributed by atoms with Crippen molar-refractivity contribution in [3.05, 3.63) is 47.3 Å². The maximum absolute atomic E-state index is 13.3. The van der Waals surface area contributed by atoms with Crippen LogP contribution in [0, 0.1) is 11.7 Å². The van der Waals surface area contributed by atoms with Crippen LogP contribution in [0.5, 0.6) is 0 Å². The molecule has 5 heteroatoms. The Balaban J connectivity index is 1.63. The molecular weight excluding hydrogens is 255 g/mol. The van der Waals surface area contributed by atoms with Crippen LogP contribution in [0.4, 0.5) is 4.39 Å². The van der Waals surface area contributed by atoms with Gasteiger partial charge in [-0.1, -0.05) is 12.1 Å². The van der Waals surface area contributed by atoms with Gasteiger partial charge in [0.15, 0.2) is 5.82 Å². The highest BCUT2D eigenvalue weighted by Crippen LogP contribution is 2.41. The minimum atomic E-state index is -0.196. The molecule has 0 bridgehead atoms. The third-order valence-electron chi connectivity index (χ3n) is 4.18. The molecule has 1 N–H and O–H groups in total. The first kappa shape index (κ1) is 12.0. The molecule has 0 saturated heterocycles. The summed E-state index contributed by atoms with van der Waals surface area (Å²) in [4.78, 5) is 0. The summed E-state index contributed by atoms with van der Waals surface area (Å²) < 4.78 is 15.5. The normalized spacial score (nSPS) is 21.8. The van der Waals surface area contributed by atoms with Gasteiger partial charge in [-0.15, -0.1) is 10.2 Å². The first-order valence-corrected chi connectivity index (χ1v) is 7.21. The fourth-order valence-corrected chi connectivity index (χ4v) is 3.01. The summed E-state index contributed by atoms with van der Waals surface area (Å²) in [6, 6.07) is 7.07. The third-order valence-corrected chi connectivity index (χ3v) is 4.18. The predicted molar refractivity (Wildman–Crippen MR) is 72.7 cm³/mol. The average molecular weight is 272 g/mol. The Morgan fingerprint density at radius 2 is 2.20 bits per heavy atom. The smallest absolute Gasteiger partial charge is 0.150 e. The van der Waals surface area contributed by atoms with Crippen molar-refractivity contribution in [3.63, 3.8) is 0 Å². The fourth-order valence-electron chi connectivity index (χ4n) is 3.01. The van der Waals surface area contributed by atoms with Gasteiger partial charge in [0.2, 0.25) is 0 Å². The van der Waals surface area contributed by atoms with E-state index in [0.29, 0.717) is 12.5 Å². The zero-order chi connectivity index (χ0) is 13.5. The van der Waals surface area contributed by atoms with E-state index >= 15 is 0 Å². The lowest BCUT2D eigenvalue weighted by Gasteiger charge is -2.25. The zero-order valence-electron chi connectivity index (χ0n) is 11.2. The molecule has 1 unspecified atom stereocenters. The Labute approximate surface area is 117 Å². The Morgan fingerprint density at radius 3 is 3.00 bits per heavy atom. The standard InChI is InChI=1S/C15H17FN4/c16-12-3-1-2-10(8-12)9-13-18-19-15-14(11-4-5-11)17-6-7-20(13)15/h1-3,8,11,14,17H,4-7,9H2. The zero-order valence-corrected chi connectivity index (χ0v) is 11.2. The van der Waals surface area contributed by atoms with Crippen LogP contribution in [0.3, 0.4) is 0 Å². The van der Waals surface area contributed by atoms with Crippen molar-refractivity contribution in [1.29, 1.82) is 0 Å². The molecule has 1 aliphatic carbocycles. The van der Waals surface area contributed by atoms with Crippen molar-refractivity contribution < 1.29 is 4.39 Å². The van der Waals surface area contributed by atoms with E-state index < -0.39 is 0 Å². The number of nitrogens with zero attached hydrogens (tertiary/aromatic N) is 3. The van der Waals surface area contributed by atoms with Crippen molar-refractivity contribution in [2.75, 3.05) is 6.54 Å². The van der Waals surface area contributed by atoms with Crippen molar-refractivity contribution in [3.8, 4) is 0 Å². The highest BCUT2D eigenvalue weighted by molar-refractivity contribution is 5.21. The minimum Gasteiger partial charge on any atom is -0.312 e. The Morgan fingerprint density at radius 1 is 1.30 bits per heavy atom. The molecule has 1 atom stereocenters. The number of benzene rings is 1. The van der Waals surface area contributed by atoms with Gasteiger partial charge in [0.05, 0.1) is 6.04 Å². The maximum atomic E-state index is 13.3. The molecule has 2 aliphatic rings. The quantitative estimate of drug-likeness (QED) is 0.930. The number of nitrogens with one attached hydrogen (secondary N) is 1. The van der Waals surface area contributed by atoms with Gasteiger partial charge in [-0.05, 0) is 36.5 Å². The van der Waals surface area contributed by atoms with Crippen molar-refractivity contribution in [2.24, 2.45) is 5.92 Å². The molecule has 0 amide bonds. The highest BCUT2D eigenvalue weighted by atomic mass is 19.1. The molecule has 20 heavy (non-hydrogen) atoms. The largest absolute Gasteiger partial charge is 0.312 e. The lowest BCUT2D eigenvalue weighted by molar-refractivity contribution is 0.377. The van der Waals surface area contributed by atoms with Gasteiger partial charge in [-0.2, -0.15) is 0 Å². The number of halogens is 1. The molecule has 1 saturated carbocycles. The van der Waals surface area contributed by atoms with Crippen LogP contribution in [0.1, 0.15) is 36.1 Å². The maximum Gasteiger partial charge on any atom is 0.150 e. The number of rotatable bonds is 3. The molecule has 1 aromatic carbocycles. The van der Waals surface area contributed by atoms with Crippen LogP contribution in [-0.4, -0.2) is 21.3 Å². The monoisotopic (exact) mass is 272 g/mol. The van der Waals surface area contributed by atoms with Crippen LogP contribution in [0.25, 0.3) is 0 Å². The van der Waals surface area contributed by atoms with Crippen molar-refractivity contribution in [2.45, 2.75) is 31.8 Å². The van der Waals surface area contributed by atoms with Crippen molar-refractivity contribution in [1.82, 2.24) is 20.1 Å². The van der Waals surface area contributed by atoms with Gasteiger partial charge in [0, 0.05) is 19.5 Å². The summed E-state index contributed by atoms with van der Waals surface area (Å²) in [5.74, 6) is 2.53. The Kier molecular flexibility index (Phi) is 2.80. The number of hydrogen-bond donors (Lipinski definition) is 1. The molecule has 4 nitrogen and oxygen atoms in total. The Hall–Kier alpha value is -1.75. The number of hydrogen-bond acceptors (Lipinski definition) is 3.